The second kappa shape index (κ2) is 14.4. The van der Waals surface area contributed by atoms with E-state index in [9.17, 15) is 50.8 Å². The number of carboxylic acids is 1. The fourth-order valence-electron chi connectivity index (χ4n) is 13.8. The highest BCUT2D eigenvalue weighted by atomic mass is 16.8. The summed E-state index contributed by atoms with van der Waals surface area (Å²) in [6, 6.07) is 0. The van der Waals surface area contributed by atoms with Crippen molar-refractivity contribution in [3.63, 3.8) is 0 Å². The molecule has 7 aliphatic rings. The number of aliphatic hydroxyl groups is 8. The highest BCUT2D eigenvalue weighted by molar-refractivity contribution is 5.76. The quantitative estimate of drug-likeness (QED) is 0.132. The molecule has 56 heavy (non-hydrogen) atoms. The molecular weight excluding hydrogens is 728 g/mol. The van der Waals surface area contributed by atoms with E-state index in [-0.39, 0.29) is 39.4 Å². The molecule has 2 aliphatic heterocycles. The van der Waals surface area contributed by atoms with E-state index < -0.39 is 104 Å². The second-order valence-corrected chi connectivity index (χ2v) is 20.8. The maximum Gasteiger partial charge on any atom is 0.310 e. The summed E-state index contributed by atoms with van der Waals surface area (Å²) in [5, 5.41) is 96.3. The fourth-order valence-corrected chi connectivity index (χ4v) is 13.8. The Bertz CT molecular complexity index is 1520. The van der Waals surface area contributed by atoms with Crippen LogP contribution in [0.15, 0.2) is 11.6 Å². The number of rotatable bonds is 7. The van der Waals surface area contributed by atoms with Gasteiger partial charge in [-0.2, -0.15) is 0 Å². The fraction of sp³-hybridized carbons (Fsp3) is 0.929. The van der Waals surface area contributed by atoms with Crippen LogP contribution < -0.4 is 0 Å². The average molecular weight is 797 g/mol. The third-order valence-corrected chi connectivity index (χ3v) is 17.2. The summed E-state index contributed by atoms with van der Waals surface area (Å²) >= 11 is 0. The van der Waals surface area contributed by atoms with E-state index in [1.165, 1.54) is 5.57 Å². The van der Waals surface area contributed by atoms with Crippen molar-refractivity contribution in [2.24, 2.45) is 50.2 Å². The Morgan fingerprint density at radius 2 is 1.34 bits per heavy atom. The number of aliphatic carboxylic acids is 1. The van der Waals surface area contributed by atoms with E-state index in [2.05, 4.69) is 54.5 Å². The number of aliphatic hydroxyl groups excluding tert-OH is 8. The molecule has 2 saturated heterocycles. The van der Waals surface area contributed by atoms with Crippen molar-refractivity contribution in [3.8, 4) is 0 Å². The maximum absolute atomic E-state index is 13.1. The minimum absolute atomic E-state index is 0.0118. The predicted molar refractivity (Wildman–Crippen MR) is 199 cm³/mol. The summed E-state index contributed by atoms with van der Waals surface area (Å²) in [5.41, 5.74) is -0.712. The molecule has 0 radical (unpaired) electrons. The molecule has 9 N–H and O–H groups in total. The molecule has 320 valence electrons. The Morgan fingerprint density at radius 3 is 1.96 bits per heavy atom. The molecule has 0 bridgehead atoms. The van der Waals surface area contributed by atoms with Crippen molar-refractivity contribution in [2.75, 3.05) is 13.2 Å². The summed E-state index contributed by atoms with van der Waals surface area (Å²) in [4.78, 5) is 13.1. The Labute approximate surface area is 330 Å². The lowest BCUT2D eigenvalue weighted by Crippen LogP contribution is -2.69. The van der Waals surface area contributed by atoms with Gasteiger partial charge in [0.1, 0.15) is 48.8 Å². The van der Waals surface area contributed by atoms with E-state index in [4.69, 9.17) is 18.9 Å². The predicted octanol–water partition coefficient (Wildman–Crippen LogP) is 1.85. The lowest BCUT2D eigenvalue weighted by molar-refractivity contribution is -0.382. The molecule has 0 amide bonds. The van der Waals surface area contributed by atoms with E-state index in [0.717, 1.165) is 38.5 Å². The first-order valence-electron chi connectivity index (χ1n) is 20.9. The minimum Gasteiger partial charge on any atom is -0.481 e. The molecule has 0 aromatic rings. The van der Waals surface area contributed by atoms with Crippen molar-refractivity contribution in [1.29, 1.82) is 0 Å². The third-order valence-electron chi connectivity index (χ3n) is 17.2. The third kappa shape index (κ3) is 6.21. The van der Waals surface area contributed by atoms with Crippen molar-refractivity contribution >= 4 is 5.97 Å². The molecule has 14 heteroatoms. The van der Waals surface area contributed by atoms with Gasteiger partial charge < -0.3 is 64.9 Å². The smallest absolute Gasteiger partial charge is 0.310 e. The summed E-state index contributed by atoms with van der Waals surface area (Å²) in [5.74, 6) is -0.424. The normalized spacial score (nSPS) is 53.8. The lowest BCUT2D eigenvalue weighted by atomic mass is 9.33. The molecule has 2 heterocycles. The van der Waals surface area contributed by atoms with Crippen molar-refractivity contribution < 1.29 is 69.7 Å². The summed E-state index contributed by atoms with van der Waals surface area (Å²) in [6.07, 6.45) is -8.44. The first-order valence-corrected chi connectivity index (χ1v) is 20.9. The minimum atomic E-state index is -1.80. The van der Waals surface area contributed by atoms with Gasteiger partial charge in [0.05, 0.1) is 30.8 Å². The van der Waals surface area contributed by atoms with E-state index >= 15 is 0 Å². The number of fused-ring (bicyclic) bond motifs is 7. The topological polar surface area (TPSA) is 236 Å². The van der Waals surface area contributed by atoms with Gasteiger partial charge in [-0.25, -0.2) is 0 Å². The lowest BCUT2D eigenvalue weighted by Gasteiger charge is -2.71. The van der Waals surface area contributed by atoms with Gasteiger partial charge in [-0.1, -0.05) is 60.1 Å². The Balaban J connectivity index is 1.17. The van der Waals surface area contributed by atoms with Crippen LogP contribution in [0.3, 0.4) is 0 Å². The molecule has 4 saturated carbocycles. The molecule has 7 rings (SSSR count). The SMILES string of the molecule is CC1(C)CCC2(C(=O)O)CCC3(C)C(=CCC4C5(C)CC(O)C(OC6OC(CO)C(O)C(O)C6OC6OC(CO)C(O)C(O)C6O)C(C)(C)C5CCC43C)C2C1. The van der Waals surface area contributed by atoms with Gasteiger partial charge in [-0.15, -0.1) is 0 Å². The highest BCUT2D eigenvalue weighted by Crippen LogP contribution is 2.76. The first kappa shape index (κ1) is 42.8. The van der Waals surface area contributed by atoms with Gasteiger partial charge in [0.25, 0.3) is 0 Å². The van der Waals surface area contributed by atoms with Crippen LogP contribution in [0.2, 0.25) is 0 Å². The first-order chi connectivity index (χ1) is 26.0. The number of carbonyl (C=O) groups is 1. The van der Waals surface area contributed by atoms with E-state index in [0.29, 0.717) is 19.3 Å². The van der Waals surface area contributed by atoms with Crippen LogP contribution in [0.25, 0.3) is 0 Å². The highest BCUT2D eigenvalue weighted by Gasteiger charge is 2.70. The van der Waals surface area contributed by atoms with Crippen LogP contribution in [0.5, 0.6) is 0 Å². The van der Waals surface area contributed by atoms with Crippen LogP contribution in [0, 0.1) is 50.2 Å². The Morgan fingerprint density at radius 1 is 0.732 bits per heavy atom. The van der Waals surface area contributed by atoms with E-state index in [1.54, 1.807) is 0 Å². The van der Waals surface area contributed by atoms with Crippen LogP contribution in [-0.4, -0.2) is 139 Å². The molecule has 0 aromatic carbocycles. The second-order valence-electron chi connectivity index (χ2n) is 20.8. The van der Waals surface area contributed by atoms with Crippen molar-refractivity contribution in [1.82, 2.24) is 0 Å². The number of hydrogen-bond acceptors (Lipinski definition) is 13. The van der Waals surface area contributed by atoms with Crippen molar-refractivity contribution in [2.45, 2.75) is 180 Å². The zero-order valence-electron chi connectivity index (χ0n) is 34.1. The van der Waals surface area contributed by atoms with Gasteiger partial charge in [0.15, 0.2) is 12.6 Å². The largest absolute Gasteiger partial charge is 0.481 e. The Kier molecular flexibility index (Phi) is 11.0. The summed E-state index contributed by atoms with van der Waals surface area (Å²) < 4.78 is 24.1. The zero-order chi connectivity index (χ0) is 41.1. The molecule has 6 fully saturated rings. The summed E-state index contributed by atoms with van der Waals surface area (Å²) in [6.45, 7) is 14.4. The standard InChI is InChI=1S/C42H68O14/c1-37(2)12-14-42(36(51)52)15-13-40(6)20(21(42)16-37)8-9-26-39(5)17-22(45)33(38(3,4)25(39)10-11-41(26,40)7)56-35-32(30(49)28(47)24(19-44)54-35)55-34-31(50)29(48)27(46)23(18-43)53-34/h8,21-35,43-50H,9-19H2,1-7H3,(H,51,52). The number of allylic oxidation sites excluding steroid dienone is 2. The number of hydrogen-bond donors (Lipinski definition) is 9. The average Bonchev–Trinajstić information content (AvgIpc) is 3.12. The van der Waals surface area contributed by atoms with E-state index in [1.807, 2.05) is 0 Å². The molecule has 19 atom stereocenters. The molecular formula is C42H68O14. The van der Waals surface area contributed by atoms with Crippen molar-refractivity contribution in [3.05, 3.63) is 11.6 Å². The van der Waals surface area contributed by atoms with Crippen LogP contribution >= 0.6 is 0 Å². The van der Waals surface area contributed by atoms with Gasteiger partial charge in [-0.3, -0.25) is 4.79 Å². The molecule has 5 aliphatic carbocycles. The molecule has 0 aromatic heterocycles. The van der Waals surface area contributed by atoms with Crippen LogP contribution in [-0.2, 0) is 23.7 Å². The monoisotopic (exact) mass is 796 g/mol. The number of carboxylic acid groups (broad SMARTS) is 1. The molecule has 0 spiro atoms. The van der Waals surface area contributed by atoms with Gasteiger partial charge >= 0.3 is 5.97 Å². The Hall–Kier alpha value is -1.27. The number of ether oxygens (including phenoxy) is 4. The summed E-state index contributed by atoms with van der Waals surface area (Å²) in [7, 11) is 0. The van der Waals surface area contributed by atoms with Gasteiger partial charge in [0, 0.05) is 0 Å². The molecule has 19 unspecified atom stereocenters. The van der Waals surface area contributed by atoms with Crippen LogP contribution in [0.4, 0.5) is 0 Å². The maximum atomic E-state index is 13.1. The zero-order valence-corrected chi connectivity index (χ0v) is 34.1. The van der Waals surface area contributed by atoms with Crippen LogP contribution in [0.1, 0.15) is 106 Å². The molecule has 14 nitrogen and oxygen atoms in total. The van der Waals surface area contributed by atoms with Gasteiger partial charge in [-0.05, 0) is 103 Å². The van der Waals surface area contributed by atoms with Gasteiger partial charge in [0.2, 0.25) is 0 Å².